The first-order chi connectivity index (χ1) is 11.2. The third-order valence-corrected chi connectivity index (χ3v) is 4.51. The van der Waals surface area contributed by atoms with Gasteiger partial charge in [-0.3, -0.25) is 9.69 Å². The van der Waals surface area contributed by atoms with Crippen molar-refractivity contribution in [2.75, 3.05) is 24.6 Å². The first-order valence-electron chi connectivity index (χ1n) is 7.88. The summed E-state index contributed by atoms with van der Waals surface area (Å²) in [5.74, 6) is 0.0390. The Morgan fingerprint density at radius 1 is 1.26 bits per heavy atom. The number of aromatic nitrogens is 2. The van der Waals surface area contributed by atoms with Crippen LogP contribution in [0.4, 0.5) is 5.69 Å². The maximum atomic E-state index is 12.4. The Kier molecular flexibility index (Phi) is 3.63. The summed E-state index contributed by atoms with van der Waals surface area (Å²) in [5.41, 5.74) is 2.00. The number of imidazole rings is 1. The molecule has 0 bridgehead atoms. The minimum absolute atomic E-state index is 0.0390. The van der Waals surface area contributed by atoms with Crippen LogP contribution in [0.15, 0.2) is 42.9 Å². The quantitative estimate of drug-likeness (QED) is 0.850. The molecule has 2 saturated heterocycles. The fraction of sp³-hybridized carbons (Fsp3) is 0.412. The Labute approximate surface area is 135 Å². The van der Waals surface area contributed by atoms with Gasteiger partial charge in [0.15, 0.2) is 0 Å². The van der Waals surface area contributed by atoms with Crippen LogP contribution in [-0.2, 0) is 23.1 Å². The second-order valence-electron chi connectivity index (χ2n) is 6.24. The van der Waals surface area contributed by atoms with E-state index in [0.717, 1.165) is 31.0 Å². The molecule has 2 fully saturated rings. The van der Waals surface area contributed by atoms with Crippen molar-refractivity contribution in [3.63, 3.8) is 0 Å². The van der Waals surface area contributed by atoms with Gasteiger partial charge in [-0.15, -0.1) is 0 Å². The van der Waals surface area contributed by atoms with Crippen molar-refractivity contribution in [3.05, 3.63) is 48.5 Å². The molecule has 0 spiro atoms. The standard InChI is InChI=1S/C17H20N4O2/c1-19-7-13(18-12-19)8-20-9-15-16(10-20)23-11-17(22)21(15)14-5-3-2-4-6-14/h2-7,12,15-16H,8-11H2,1H3/t15-,16-/m0/s1. The van der Waals surface area contributed by atoms with Crippen molar-refractivity contribution < 1.29 is 9.53 Å². The summed E-state index contributed by atoms with van der Waals surface area (Å²) in [6.45, 7) is 2.58. The van der Waals surface area contributed by atoms with Gasteiger partial charge in [0.25, 0.3) is 5.91 Å². The number of morpholine rings is 1. The van der Waals surface area contributed by atoms with Crippen LogP contribution >= 0.6 is 0 Å². The van der Waals surface area contributed by atoms with Gasteiger partial charge in [0, 0.05) is 38.6 Å². The van der Waals surface area contributed by atoms with Crippen molar-refractivity contribution in [1.29, 1.82) is 0 Å². The number of amides is 1. The summed E-state index contributed by atoms with van der Waals surface area (Å²) >= 11 is 0. The van der Waals surface area contributed by atoms with Gasteiger partial charge in [-0.2, -0.15) is 0 Å². The van der Waals surface area contributed by atoms with Crippen LogP contribution in [0.5, 0.6) is 0 Å². The Hall–Kier alpha value is -2.18. The molecule has 0 N–H and O–H groups in total. The summed E-state index contributed by atoms with van der Waals surface area (Å²) in [7, 11) is 1.97. The van der Waals surface area contributed by atoms with E-state index in [2.05, 4.69) is 9.88 Å². The largest absolute Gasteiger partial charge is 0.365 e. The zero-order valence-electron chi connectivity index (χ0n) is 13.1. The number of fused-ring (bicyclic) bond motifs is 1. The molecular weight excluding hydrogens is 292 g/mol. The van der Waals surface area contributed by atoms with E-state index in [1.54, 1.807) is 0 Å². The lowest BCUT2D eigenvalue weighted by Gasteiger charge is -2.36. The van der Waals surface area contributed by atoms with E-state index in [0.29, 0.717) is 0 Å². The second kappa shape index (κ2) is 5.79. The highest BCUT2D eigenvalue weighted by Crippen LogP contribution is 2.29. The molecule has 1 aromatic carbocycles. The summed E-state index contributed by atoms with van der Waals surface area (Å²) in [5, 5.41) is 0. The lowest BCUT2D eigenvalue weighted by atomic mass is 10.1. The van der Waals surface area contributed by atoms with Crippen molar-refractivity contribution in [1.82, 2.24) is 14.5 Å². The van der Waals surface area contributed by atoms with Gasteiger partial charge < -0.3 is 14.2 Å². The van der Waals surface area contributed by atoms with E-state index in [1.165, 1.54) is 0 Å². The van der Waals surface area contributed by atoms with Crippen LogP contribution in [0, 0.1) is 0 Å². The van der Waals surface area contributed by atoms with Gasteiger partial charge in [0.1, 0.15) is 6.61 Å². The molecular formula is C17H20N4O2. The summed E-state index contributed by atoms with van der Waals surface area (Å²) in [6.07, 6.45) is 3.91. The molecule has 2 aliphatic heterocycles. The fourth-order valence-electron chi connectivity index (χ4n) is 3.51. The highest BCUT2D eigenvalue weighted by Gasteiger charge is 2.43. The minimum Gasteiger partial charge on any atom is -0.365 e. The highest BCUT2D eigenvalue weighted by molar-refractivity contribution is 5.95. The maximum absolute atomic E-state index is 12.4. The normalized spacial score (nSPS) is 24.9. The van der Waals surface area contributed by atoms with Gasteiger partial charge in [0.2, 0.25) is 0 Å². The van der Waals surface area contributed by atoms with Crippen LogP contribution in [0.3, 0.4) is 0 Å². The molecule has 2 aromatic rings. The van der Waals surface area contributed by atoms with Crippen LogP contribution in [0.2, 0.25) is 0 Å². The summed E-state index contributed by atoms with van der Waals surface area (Å²) in [4.78, 5) is 21.0. The van der Waals surface area contributed by atoms with Gasteiger partial charge >= 0.3 is 0 Å². The number of hydrogen-bond acceptors (Lipinski definition) is 4. The molecule has 120 valence electrons. The number of carbonyl (C=O) groups excluding carboxylic acids is 1. The van der Waals surface area contributed by atoms with Crippen LogP contribution < -0.4 is 4.90 Å². The van der Waals surface area contributed by atoms with Crippen molar-refractivity contribution >= 4 is 11.6 Å². The number of hydrogen-bond donors (Lipinski definition) is 0. The summed E-state index contributed by atoms with van der Waals surface area (Å²) < 4.78 is 7.73. The number of nitrogens with zero attached hydrogens (tertiary/aromatic N) is 4. The average Bonchev–Trinajstić information content (AvgIpc) is 3.14. The number of rotatable bonds is 3. The van der Waals surface area contributed by atoms with Crippen molar-refractivity contribution in [3.8, 4) is 0 Å². The molecule has 1 aromatic heterocycles. The van der Waals surface area contributed by atoms with E-state index >= 15 is 0 Å². The highest BCUT2D eigenvalue weighted by atomic mass is 16.5. The van der Waals surface area contributed by atoms with Crippen LogP contribution in [0.25, 0.3) is 0 Å². The monoisotopic (exact) mass is 312 g/mol. The van der Waals surface area contributed by atoms with E-state index in [9.17, 15) is 4.79 Å². The van der Waals surface area contributed by atoms with Crippen LogP contribution in [0.1, 0.15) is 5.69 Å². The zero-order valence-corrected chi connectivity index (χ0v) is 13.1. The molecule has 23 heavy (non-hydrogen) atoms. The molecule has 4 rings (SSSR count). The van der Waals surface area contributed by atoms with Crippen molar-refractivity contribution in [2.24, 2.45) is 7.05 Å². The molecule has 0 radical (unpaired) electrons. The number of benzene rings is 1. The first-order valence-corrected chi connectivity index (χ1v) is 7.88. The molecule has 0 unspecified atom stereocenters. The number of ether oxygens (including phenoxy) is 1. The zero-order chi connectivity index (χ0) is 15.8. The Morgan fingerprint density at radius 3 is 2.83 bits per heavy atom. The van der Waals surface area contributed by atoms with Gasteiger partial charge in [-0.05, 0) is 12.1 Å². The fourth-order valence-corrected chi connectivity index (χ4v) is 3.51. The van der Waals surface area contributed by atoms with Gasteiger partial charge in [0.05, 0.1) is 24.2 Å². The summed E-state index contributed by atoms with van der Waals surface area (Å²) in [6, 6.07) is 9.95. The molecule has 0 aliphatic carbocycles. The number of carbonyl (C=O) groups is 1. The Bertz CT molecular complexity index is 700. The van der Waals surface area contributed by atoms with E-state index in [-0.39, 0.29) is 24.7 Å². The number of anilines is 1. The lowest BCUT2D eigenvalue weighted by molar-refractivity contribution is -0.130. The van der Waals surface area contributed by atoms with Gasteiger partial charge in [-0.1, -0.05) is 18.2 Å². The maximum Gasteiger partial charge on any atom is 0.253 e. The molecule has 6 heteroatoms. The number of para-hydroxylation sites is 1. The Morgan fingerprint density at radius 2 is 2.09 bits per heavy atom. The van der Waals surface area contributed by atoms with Gasteiger partial charge in [-0.25, -0.2) is 4.98 Å². The molecule has 2 aliphatic rings. The minimum atomic E-state index is 0.0390. The topological polar surface area (TPSA) is 50.6 Å². The molecule has 6 nitrogen and oxygen atoms in total. The molecule has 0 saturated carbocycles. The molecule has 1 amide bonds. The number of aryl methyl sites for hydroxylation is 1. The average molecular weight is 312 g/mol. The third kappa shape index (κ3) is 2.75. The lowest BCUT2D eigenvalue weighted by Crippen LogP contribution is -2.54. The van der Waals surface area contributed by atoms with Crippen molar-refractivity contribution in [2.45, 2.75) is 18.7 Å². The third-order valence-electron chi connectivity index (χ3n) is 4.51. The van der Waals surface area contributed by atoms with Crippen LogP contribution in [-0.4, -0.2) is 52.2 Å². The number of likely N-dealkylation sites (tertiary alicyclic amines) is 1. The Balaban J connectivity index is 1.53. The SMILES string of the molecule is Cn1cnc(CN2C[C@@H]3OCC(=O)N(c4ccccc4)[C@H]3C2)c1. The first kappa shape index (κ1) is 14.4. The smallest absolute Gasteiger partial charge is 0.253 e. The second-order valence-corrected chi connectivity index (χ2v) is 6.24. The molecule has 3 heterocycles. The van der Waals surface area contributed by atoms with E-state index in [4.69, 9.17) is 4.74 Å². The molecule has 2 atom stereocenters. The predicted octanol–water partition coefficient (Wildman–Crippen LogP) is 1.04. The van der Waals surface area contributed by atoms with E-state index in [1.807, 2.05) is 59.4 Å². The predicted molar refractivity (Wildman–Crippen MR) is 85.9 cm³/mol. The van der Waals surface area contributed by atoms with E-state index < -0.39 is 0 Å².